The summed E-state index contributed by atoms with van der Waals surface area (Å²) in [6.07, 6.45) is -2.77. The molecule has 0 saturated carbocycles. The molecule has 0 atom stereocenters. The van der Waals surface area contributed by atoms with Gasteiger partial charge in [0.1, 0.15) is 5.69 Å². The third kappa shape index (κ3) is 4.57. The van der Waals surface area contributed by atoms with E-state index in [0.29, 0.717) is 28.1 Å². The van der Waals surface area contributed by atoms with E-state index in [0.717, 1.165) is 12.1 Å². The molecule has 2 aromatic carbocycles. The summed E-state index contributed by atoms with van der Waals surface area (Å²) in [6, 6.07) is 7.69. The number of aromatic nitrogens is 3. The minimum absolute atomic E-state index is 0.0433. The molecule has 154 valence electrons. The van der Waals surface area contributed by atoms with Crippen molar-refractivity contribution in [2.24, 2.45) is 12.2 Å². The number of nitrogens with two attached hydrogens (primary N) is 1. The molecule has 0 bridgehead atoms. The fourth-order valence-corrected chi connectivity index (χ4v) is 3.74. The second-order valence-electron chi connectivity index (χ2n) is 6.48. The smallest absolute Gasteiger partial charge is 0.380 e. The summed E-state index contributed by atoms with van der Waals surface area (Å²) in [7, 11) is -2.28. The van der Waals surface area contributed by atoms with Gasteiger partial charge in [-0.05, 0) is 42.3 Å². The van der Waals surface area contributed by atoms with E-state index in [4.69, 9.17) is 5.14 Å². The first kappa shape index (κ1) is 20.8. The van der Waals surface area contributed by atoms with Gasteiger partial charge in [0.2, 0.25) is 10.0 Å². The zero-order valence-electron chi connectivity index (χ0n) is 15.5. The molecule has 0 saturated heterocycles. The molecule has 1 heterocycles. The van der Waals surface area contributed by atoms with Gasteiger partial charge in [0.15, 0.2) is 0 Å². The van der Waals surface area contributed by atoms with Crippen LogP contribution in [0.4, 0.5) is 18.9 Å². The van der Waals surface area contributed by atoms with E-state index < -0.39 is 21.8 Å². The Morgan fingerprint density at radius 2 is 1.79 bits per heavy atom. The lowest BCUT2D eigenvalue weighted by molar-refractivity contribution is -0.137. The third-order valence-electron chi connectivity index (χ3n) is 4.34. The summed E-state index contributed by atoms with van der Waals surface area (Å²) >= 11 is 0. The van der Waals surface area contributed by atoms with Gasteiger partial charge in [-0.15, -0.1) is 5.10 Å². The molecule has 29 heavy (non-hydrogen) atoms. The normalized spacial score (nSPS) is 12.2. The maximum absolute atomic E-state index is 12.7. The summed E-state index contributed by atoms with van der Waals surface area (Å²) in [5.74, 6) is 0. The molecule has 0 aliphatic carbocycles. The van der Waals surface area contributed by atoms with Crippen molar-refractivity contribution in [1.29, 1.82) is 0 Å². The quantitative estimate of drug-likeness (QED) is 0.654. The van der Waals surface area contributed by atoms with Crippen LogP contribution in [0.25, 0.3) is 11.3 Å². The highest BCUT2D eigenvalue weighted by molar-refractivity contribution is 7.89. The van der Waals surface area contributed by atoms with E-state index in [9.17, 15) is 21.6 Å². The SMILES string of the molecule is Cc1c(S(N)(=O)=O)ccc(NCc2ccc(C(F)(F)F)cc2)c1-c1cn(C)nn1. The van der Waals surface area contributed by atoms with Crippen molar-refractivity contribution in [1.82, 2.24) is 15.0 Å². The number of aryl methyl sites for hydroxylation is 1. The van der Waals surface area contributed by atoms with Crippen LogP contribution in [-0.4, -0.2) is 23.4 Å². The van der Waals surface area contributed by atoms with Gasteiger partial charge in [0, 0.05) is 24.8 Å². The maximum atomic E-state index is 12.7. The van der Waals surface area contributed by atoms with Crippen LogP contribution < -0.4 is 10.5 Å². The fraction of sp³-hybridized carbons (Fsp3) is 0.222. The van der Waals surface area contributed by atoms with E-state index in [1.807, 2.05) is 0 Å². The minimum Gasteiger partial charge on any atom is -0.380 e. The Labute approximate surface area is 165 Å². The summed E-state index contributed by atoms with van der Waals surface area (Å²) in [4.78, 5) is -0.0433. The van der Waals surface area contributed by atoms with Gasteiger partial charge in [-0.1, -0.05) is 17.3 Å². The zero-order valence-corrected chi connectivity index (χ0v) is 16.3. The number of benzene rings is 2. The van der Waals surface area contributed by atoms with Gasteiger partial charge in [-0.3, -0.25) is 4.68 Å². The molecular formula is C18H18F3N5O2S. The summed E-state index contributed by atoms with van der Waals surface area (Å²) in [6.45, 7) is 1.83. The van der Waals surface area contributed by atoms with Gasteiger partial charge in [0.25, 0.3) is 0 Å². The topological polar surface area (TPSA) is 103 Å². The van der Waals surface area contributed by atoms with Gasteiger partial charge < -0.3 is 5.32 Å². The Kier molecular flexibility index (Phi) is 5.37. The maximum Gasteiger partial charge on any atom is 0.416 e. The van der Waals surface area contributed by atoms with Crippen molar-refractivity contribution in [3.05, 3.63) is 59.3 Å². The number of alkyl halides is 3. The number of nitrogens with zero attached hydrogens (tertiary/aromatic N) is 3. The van der Waals surface area contributed by atoms with Crippen LogP contribution in [0.2, 0.25) is 0 Å². The summed E-state index contributed by atoms with van der Waals surface area (Å²) in [5, 5.41) is 16.3. The van der Waals surface area contributed by atoms with Gasteiger partial charge >= 0.3 is 6.18 Å². The van der Waals surface area contributed by atoms with Crippen molar-refractivity contribution >= 4 is 15.7 Å². The lowest BCUT2D eigenvalue weighted by Crippen LogP contribution is -2.15. The summed E-state index contributed by atoms with van der Waals surface area (Å²) < 4.78 is 63.3. The molecule has 11 heteroatoms. The molecule has 3 rings (SSSR count). The standard InChI is InChI=1S/C18H18F3N5O2S/c1-11-16(29(22,27)28)8-7-14(17(11)15-10-26(2)25-24-15)23-9-12-3-5-13(6-4-12)18(19,20)21/h3-8,10,23H,9H2,1-2H3,(H2,22,27,28). The molecule has 3 aromatic rings. The predicted octanol–water partition coefficient (Wildman–Crippen LogP) is 3.07. The number of hydrogen-bond donors (Lipinski definition) is 2. The monoisotopic (exact) mass is 425 g/mol. The first-order valence-corrected chi connectivity index (χ1v) is 9.94. The van der Waals surface area contributed by atoms with Crippen molar-refractivity contribution in [3.63, 3.8) is 0 Å². The predicted molar refractivity (Wildman–Crippen MR) is 101 cm³/mol. The van der Waals surface area contributed by atoms with E-state index in [2.05, 4.69) is 15.6 Å². The molecule has 3 N–H and O–H groups in total. The van der Waals surface area contributed by atoms with Crippen molar-refractivity contribution in [3.8, 4) is 11.3 Å². The Hall–Kier alpha value is -2.92. The first-order chi connectivity index (χ1) is 13.5. The highest BCUT2D eigenvalue weighted by atomic mass is 32.2. The fourth-order valence-electron chi connectivity index (χ4n) is 2.95. The first-order valence-electron chi connectivity index (χ1n) is 8.40. The van der Waals surface area contributed by atoms with Crippen LogP contribution in [0, 0.1) is 6.92 Å². The van der Waals surface area contributed by atoms with Crippen LogP contribution in [0.1, 0.15) is 16.7 Å². The lowest BCUT2D eigenvalue weighted by Gasteiger charge is -2.16. The molecular weight excluding hydrogens is 407 g/mol. The summed E-state index contributed by atoms with van der Waals surface area (Å²) in [5.41, 5.74) is 1.77. The molecule has 0 spiro atoms. The highest BCUT2D eigenvalue weighted by Crippen LogP contribution is 2.34. The van der Waals surface area contributed by atoms with Crippen LogP contribution in [0.15, 0.2) is 47.5 Å². The minimum atomic E-state index is -4.40. The second-order valence-corrected chi connectivity index (χ2v) is 8.01. The lowest BCUT2D eigenvalue weighted by atomic mass is 10.0. The molecule has 1 aromatic heterocycles. The van der Waals surface area contributed by atoms with Gasteiger partial charge in [-0.2, -0.15) is 13.2 Å². The average Bonchev–Trinajstić information content (AvgIpc) is 3.04. The van der Waals surface area contributed by atoms with Crippen LogP contribution in [-0.2, 0) is 29.8 Å². The number of rotatable bonds is 5. The van der Waals surface area contributed by atoms with E-state index in [1.54, 1.807) is 26.2 Å². The van der Waals surface area contributed by atoms with E-state index in [1.165, 1.54) is 22.9 Å². The van der Waals surface area contributed by atoms with E-state index in [-0.39, 0.29) is 11.4 Å². The Balaban J connectivity index is 1.96. The Morgan fingerprint density at radius 3 is 2.31 bits per heavy atom. The second kappa shape index (κ2) is 7.48. The Morgan fingerprint density at radius 1 is 1.14 bits per heavy atom. The molecule has 0 unspecified atom stereocenters. The molecule has 0 aliphatic heterocycles. The molecule has 0 amide bonds. The van der Waals surface area contributed by atoms with Crippen LogP contribution >= 0.6 is 0 Å². The average molecular weight is 425 g/mol. The van der Waals surface area contributed by atoms with Crippen molar-refractivity contribution in [2.75, 3.05) is 5.32 Å². The van der Waals surface area contributed by atoms with Crippen LogP contribution in [0.3, 0.4) is 0 Å². The highest BCUT2D eigenvalue weighted by Gasteiger charge is 2.29. The number of halogens is 3. The Bertz CT molecular complexity index is 1140. The molecule has 0 fully saturated rings. The molecule has 7 nitrogen and oxygen atoms in total. The number of anilines is 1. The number of sulfonamides is 1. The number of primary sulfonamides is 1. The van der Waals surface area contributed by atoms with Crippen molar-refractivity contribution < 1.29 is 21.6 Å². The van der Waals surface area contributed by atoms with Crippen molar-refractivity contribution in [2.45, 2.75) is 24.5 Å². The van der Waals surface area contributed by atoms with E-state index >= 15 is 0 Å². The van der Waals surface area contributed by atoms with Gasteiger partial charge in [-0.25, -0.2) is 13.6 Å². The third-order valence-corrected chi connectivity index (χ3v) is 5.40. The number of hydrogen-bond acceptors (Lipinski definition) is 5. The van der Waals surface area contributed by atoms with Gasteiger partial charge in [0.05, 0.1) is 16.7 Å². The zero-order chi connectivity index (χ0) is 21.4. The number of nitrogens with one attached hydrogen (secondary N) is 1. The molecule has 0 aliphatic rings. The largest absolute Gasteiger partial charge is 0.416 e. The van der Waals surface area contributed by atoms with Crippen LogP contribution in [0.5, 0.6) is 0 Å². The molecule has 0 radical (unpaired) electrons.